The summed E-state index contributed by atoms with van der Waals surface area (Å²) in [4.78, 5) is 65.8. The molecule has 0 radical (unpaired) electrons. The standard InChI is InChI=1S/C29H38ClN7O5S.C20H21Cl2N5O3S.C9H18N2O2/c1-18-16-37-25(32-26(18)35-13-11-20(17-35)31-28(39)42-29(2,3)4)15-23(33-37)24-8-6-7-12-36(24)27(38)21-14-19(30)9-10-22(21)34-43(5,40)41;1-12-11-27-18(23-19(12)22)10-16(24-27)17-5-3-4-8-26(17)20(28)14-9-13(21)6-7-15(14)25-31(2,29)30;1-9(2,3)13-8(12)11-7-4-5-10-6-7/h9-10,14-16,20,24,34H,6-8,11-13,17H2,1-5H3,(H,31,39);6-7,9-11,17,25H,3-5,8H2,1-2H3;7,10H,4-6H2,1-3H3,(H,11,12)/t20-,24-;17-;7-/m000/s1. The smallest absolute Gasteiger partial charge is 0.407 e. The van der Waals surface area contributed by atoms with E-state index in [1.807, 2.05) is 73.7 Å². The lowest BCUT2D eigenvalue weighted by molar-refractivity contribution is 0.0497. The van der Waals surface area contributed by atoms with Gasteiger partial charge in [-0.1, -0.05) is 34.8 Å². The molecule has 0 unspecified atom stereocenters. The van der Waals surface area contributed by atoms with Gasteiger partial charge in [0, 0.05) is 84.5 Å². The predicted octanol–water partition coefficient (Wildman–Crippen LogP) is 9.49. The van der Waals surface area contributed by atoms with Crippen LogP contribution in [-0.2, 0) is 29.5 Å². The zero-order valence-electron chi connectivity index (χ0n) is 50.5. The van der Waals surface area contributed by atoms with Gasteiger partial charge < -0.3 is 40.1 Å². The van der Waals surface area contributed by atoms with Gasteiger partial charge >= 0.3 is 12.2 Å². The lowest BCUT2D eigenvalue weighted by atomic mass is 9.98. The molecule has 4 fully saturated rings. The molecule has 4 aliphatic heterocycles. The fourth-order valence-electron chi connectivity index (χ4n) is 10.7. The number of piperidine rings is 2. The molecule has 0 spiro atoms. The number of rotatable bonds is 11. The largest absolute Gasteiger partial charge is 0.444 e. The normalized spacial score (nSPS) is 19.2. The van der Waals surface area contributed by atoms with Gasteiger partial charge in [-0.15, -0.1) is 0 Å². The summed E-state index contributed by atoms with van der Waals surface area (Å²) < 4.78 is 66.3. The molecule has 4 saturated heterocycles. The number of benzene rings is 2. The molecule has 0 saturated carbocycles. The number of hydrogen-bond donors (Lipinski definition) is 5. The van der Waals surface area contributed by atoms with Crippen LogP contribution in [0.5, 0.6) is 0 Å². The fourth-order valence-corrected chi connectivity index (χ4v) is 12.3. The number of aryl methyl sites for hydroxylation is 2. The maximum absolute atomic E-state index is 13.9. The van der Waals surface area contributed by atoms with Crippen LogP contribution in [0.25, 0.3) is 11.3 Å². The predicted molar refractivity (Wildman–Crippen MR) is 336 cm³/mol. The van der Waals surface area contributed by atoms with Crippen LogP contribution in [-0.4, -0.2) is 155 Å². The van der Waals surface area contributed by atoms with Gasteiger partial charge in [-0.3, -0.25) is 19.0 Å². The summed E-state index contributed by atoms with van der Waals surface area (Å²) in [5, 5.41) is 19.5. The van der Waals surface area contributed by atoms with Crippen LogP contribution in [0.4, 0.5) is 26.8 Å². The van der Waals surface area contributed by atoms with E-state index in [-0.39, 0.29) is 64.6 Å². The quantitative estimate of drug-likeness (QED) is 0.0755. The molecule has 24 nitrogen and oxygen atoms in total. The van der Waals surface area contributed by atoms with Crippen molar-refractivity contribution in [3.05, 3.63) is 110 Å². The molecule has 0 bridgehead atoms. The number of hydrogen-bond acceptors (Lipinski definition) is 16. The summed E-state index contributed by atoms with van der Waals surface area (Å²) >= 11 is 18.5. The van der Waals surface area contributed by atoms with E-state index in [0.717, 1.165) is 94.0 Å². The molecule has 10 rings (SSSR count). The fraction of sp³-hybridized carbons (Fsp3) is 0.517. The van der Waals surface area contributed by atoms with Crippen molar-refractivity contribution in [2.75, 3.05) is 66.1 Å². The number of nitrogens with zero attached hydrogens (tertiary/aromatic N) is 9. The Kier molecular flexibility index (Phi) is 20.8. The monoisotopic (exact) mass is 1300 g/mol. The molecule has 4 aliphatic rings. The average molecular weight is 1300 g/mol. The van der Waals surface area contributed by atoms with Gasteiger partial charge in [-0.05, 0) is 150 Å². The van der Waals surface area contributed by atoms with E-state index in [4.69, 9.17) is 54.4 Å². The maximum atomic E-state index is 13.9. The molecule has 8 heterocycles. The Hall–Kier alpha value is -6.71. The lowest BCUT2D eigenvalue weighted by Gasteiger charge is -2.35. The maximum Gasteiger partial charge on any atom is 0.407 e. The number of carbonyl (C=O) groups excluding carboxylic acids is 4. The zero-order chi connectivity index (χ0) is 63.3. The van der Waals surface area contributed by atoms with Crippen LogP contribution in [0.2, 0.25) is 15.2 Å². The minimum absolute atomic E-state index is 0.0527. The third kappa shape index (κ3) is 18.2. The number of nitrogens with one attached hydrogen (secondary N) is 5. The van der Waals surface area contributed by atoms with Gasteiger partial charge in [-0.2, -0.15) is 10.2 Å². The molecular weight excluding hydrogens is 1220 g/mol. The zero-order valence-corrected chi connectivity index (χ0v) is 54.4. The van der Waals surface area contributed by atoms with E-state index in [1.165, 1.54) is 24.3 Å². The first-order valence-corrected chi connectivity index (χ1v) is 33.7. The van der Waals surface area contributed by atoms with E-state index < -0.39 is 37.3 Å². The minimum Gasteiger partial charge on any atom is -0.444 e. The molecule has 472 valence electrons. The number of amides is 4. The molecule has 4 aromatic heterocycles. The Morgan fingerprint density at radius 2 is 1.08 bits per heavy atom. The highest BCUT2D eigenvalue weighted by Gasteiger charge is 2.35. The van der Waals surface area contributed by atoms with Crippen LogP contribution >= 0.6 is 34.8 Å². The summed E-state index contributed by atoms with van der Waals surface area (Å²) in [5.41, 5.74) is 4.21. The minimum atomic E-state index is -3.61. The van der Waals surface area contributed by atoms with Gasteiger partial charge in [0.1, 0.15) is 22.2 Å². The lowest BCUT2D eigenvalue weighted by Crippen LogP contribution is -2.40. The van der Waals surface area contributed by atoms with Crippen molar-refractivity contribution in [1.82, 2.24) is 54.9 Å². The molecular formula is C58H77Cl3N14O10S2. The van der Waals surface area contributed by atoms with Gasteiger partial charge in [-0.25, -0.2) is 45.4 Å². The second-order valence-electron chi connectivity index (χ2n) is 24.3. The van der Waals surface area contributed by atoms with Crippen LogP contribution < -0.4 is 30.3 Å². The van der Waals surface area contributed by atoms with Gasteiger partial charge in [0.15, 0.2) is 11.3 Å². The number of alkyl carbamates (subject to hydrolysis) is 2. The Labute approximate surface area is 522 Å². The Morgan fingerprint density at radius 3 is 1.54 bits per heavy atom. The van der Waals surface area contributed by atoms with Crippen LogP contribution in [0.1, 0.15) is 148 Å². The number of halogens is 3. The Bertz CT molecular complexity index is 3710. The number of carbonyl (C=O) groups is 4. The number of ether oxygens (including phenoxy) is 2. The van der Waals surface area contributed by atoms with Crippen molar-refractivity contribution < 1.29 is 45.5 Å². The summed E-state index contributed by atoms with van der Waals surface area (Å²) in [6.07, 6.45) is 11.8. The van der Waals surface area contributed by atoms with Crippen LogP contribution in [0.15, 0.2) is 60.9 Å². The molecule has 2 aromatic carbocycles. The molecule has 5 N–H and O–H groups in total. The van der Waals surface area contributed by atoms with Crippen molar-refractivity contribution >= 4 is 107 Å². The molecule has 4 amide bonds. The van der Waals surface area contributed by atoms with Crippen molar-refractivity contribution in [2.24, 2.45) is 0 Å². The highest BCUT2D eigenvalue weighted by molar-refractivity contribution is 7.92. The molecule has 0 aliphatic carbocycles. The van der Waals surface area contributed by atoms with Crippen LogP contribution in [0.3, 0.4) is 0 Å². The first kappa shape index (κ1) is 66.2. The number of aromatic nitrogens is 6. The highest BCUT2D eigenvalue weighted by atomic mass is 35.5. The summed E-state index contributed by atoms with van der Waals surface area (Å²) in [7, 11) is -7.18. The third-order valence-electron chi connectivity index (χ3n) is 14.4. The average Bonchev–Trinajstić information content (AvgIpc) is 1.96. The topological polar surface area (TPSA) is 285 Å². The van der Waals surface area contributed by atoms with Gasteiger partial charge in [0.05, 0.1) is 64.5 Å². The van der Waals surface area contributed by atoms with E-state index in [1.54, 1.807) is 37.2 Å². The second kappa shape index (κ2) is 27.4. The number of likely N-dealkylation sites (tertiary alicyclic amines) is 2. The summed E-state index contributed by atoms with van der Waals surface area (Å²) in [6, 6.07) is 12.4. The van der Waals surface area contributed by atoms with Crippen molar-refractivity contribution in [1.29, 1.82) is 0 Å². The summed E-state index contributed by atoms with van der Waals surface area (Å²) in [6.45, 7) is 19.1. The molecule has 87 heavy (non-hydrogen) atoms. The first-order valence-electron chi connectivity index (χ1n) is 28.8. The van der Waals surface area contributed by atoms with Gasteiger partial charge in [0.2, 0.25) is 20.0 Å². The van der Waals surface area contributed by atoms with Crippen molar-refractivity contribution in [3.8, 4) is 0 Å². The summed E-state index contributed by atoms with van der Waals surface area (Å²) in [5.74, 6) is 0.192. The second-order valence-corrected chi connectivity index (χ2v) is 29.0. The SMILES string of the molecule is CC(C)(C)OC(=O)N[C@H]1CCNC1.Cc1cn2nc([C@@H]3CCCCN3C(=O)c3cc(Cl)ccc3NS(C)(=O)=O)cc2nc1Cl.Cc1cn2nc([C@@H]3CCCCN3C(=O)c3cc(Cl)ccc3NS(C)(=O)=O)cc2nc1N1CC[C@H](NC(=O)OC(C)(C)C)C1. The highest BCUT2D eigenvalue weighted by Crippen LogP contribution is 2.37. The molecule has 6 aromatic rings. The van der Waals surface area contributed by atoms with Crippen molar-refractivity contribution in [2.45, 2.75) is 142 Å². The Morgan fingerprint density at radius 1 is 0.609 bits per heavy atom. The van der Waals surface area contributed by atoms with Gasteiger partial charge in [0.25, 0.3) is 11.8 Å². The molecule has 4 atom stereocenters. The van der Waals surface area contributed by atoms with E-state index in [2.05, 4.69) is 40.4 Å². The Balaban J connectivity index is 0.000000193. The third-order valence-corrected chi connectivity index (χ3v) is 16.5. The van der Waals surface area contributed by atoms with Crippen LogP contribution in [0, 0.1) is 13.8 Å². The van der Waals surface area contributed by atoms with E-state index >= 15 is 0 Å². The number of anilines is 3. The number of sulfonamides is 2. The van der Waals surface area contributed by atoms with E-state index in [9.17, 15) is 36.0 Å². The number of fused-ring (bicyclic) bond motifs is 2. The first-order chi connectivity index (χ1) is 40.8. The van der Waals surface area contributed by atoms with E-state index in [0.29, 0.717) is 63.9 Å². The molecule has 29 heteroatoms. The van der Waals surface area contributed by atoms with Crippen molar-refractivity contribution in [3.63, 3.8) is 0 Å².